The molecule has 2 aromatic rings. The van der Waals surface area contributed by atoms with Gasteiger partial charge in [0, 0.05) is 5.69 Å². The summed E-state index contributed by atoms with van der Waals surface area (Å²) in [6.45, 7) is 6.61. The first-order chi connectivity index (χ1) is 11.1. The molecule has 23 heavy (non-hydrogen) atoms. The minimum absolute atomic E-state index is 0.0561. The standard InChI is InChI=1S/C19H23NO3/c1-4-9-22-17-7-5-6-8-18(17)23-13-19(21)20-16-11-14(2)10-15(3)12-16/h5-8,10-12H,4,9,13H2,1-3H3,(H,20,21). The number of rotatable bonds is 7. The maximum Gasteiger partial charge on any atom is 0.262 e. The van der Waals surface area contributed by atoms with Crippen LogP contribution < -0.4 is 14.8 Å². The van der Waals surface area contributed by atoms with Gasteiger partial charge in [0.15, 0.2) is 18.1 Å². The molecule has 122 valence electrons. The van der Waals surface area contributed by atoms with Crippen LogP contribution in [0.2, 0.25) is 0 Å². The quantitative estimate of drug-likeness (QED) is 0.837. The van der Waals surface area contributed by atoms with Crippen molar-refractivity contribution < 1.29 is 14.3 Å². The highest BCUT2D eigenvalue weighted by molar-refractivity contribution is 5.92. The Labute approximate surface area is 137 Å². The van der Waals surface area contributed by atoms with Gasteiger partial charge in [-0.15, -0.1) is 0 Å². The summed E-state index contributed by atoms with van der Waals surface area (Å²) in [4.78, 5) is 12.1. The summed E-state index contributed by atoms with van der Waals surface area (Å²) in [6.07, 6.45) is 0.918. The summed E-state index contributed by atoms with van der Waals surface area (Å²) in [5.74, 6) is 1.05. The Morgan fingerprint density at radius 1 is 1.00 bits per heavy atom. The van der Waals surface area contributed by atoms with Gasteiger partial charge in [0.1, 0.15) is 0 Å². The highest BCUT2D eigenvalue weighted by Gasteiger charge is 2.08. The van der Waals surface area contributed by atoms with E-state index in [-0.39, 0.29) is 12.5 Å². The second-order valence-corrected chi connectivity index (χ2v) is 5.51. The molecule has 0 aliphatic heterocycles. The molecule has 0 saturated heterocycles. The fourth-order valence-electron chi connectivity index (χ4n) is 2.29. The van der Waals surface area contributed by atoms with Crippen LogP contribution in [0.5, 0.6) is 11.5 Å². The van der Waals surface area contributed by atoms with Crippen LogP contribution in [0.25, 0.3) is 0 Å². The molecule has 0 unspecified atom stereocenters. The number of hydrogen-bond donors (Lipinski definition) is 1. The monoisotopic (exact) mass is 313 g/mol. The van der Waals surface area contributed by atoms with Gasteiger partial charge in [0.25, 0.3) is 5.91 Å². The predicted octanol–water partition coefficient (Wildman–Crippen LogP) is 4.11. The van der Waals surface area contributed by atoms with E-state index in [9.17, 15) is 4.79 Å². The van der Waals surface area contributed by atoms with Gasteiger partial charge in [-0.25, -0.2) is 0 Å². The Balaban J connectivity index is 1.94. The van der Waals surface area contributed by atoms with Crippen LogP contribution in [0.1, 0.15) is 24.5 Å². The third kappa shape index (κ3) is 5.33. The summed E-state index contributed by atoms with van der Waals surface area (Å²) in [7, 11) is 0. The van der Waals surface area contributed by atoms with Crippen LogP contribution in [0.4, 0.5) is 5.69 Å². The van der Waals surface area contributed by atoms with E-state index in [0.717, 1.165) is 23.2 Å². The lowest BCUT2D eigenvalue weighted by molar-refractivity contribution is -0.118. The zero-order chi connectivity index (χ0) is 16.7. The van der Waals surface area contributed by atoms with E-state index in [1.54, 1.807) is 6.07 Å². The number of carbonyl (C=O) groups excluding carboxylic acids is 1. The van der Waals surface area contributed by atoms with Crippen molar-refractivity contribution >= 4 is 11.6 Å². The molecule has 0 heterocycles. The van der Waals surface area contributed by atoms with Crippen molar-refractivity contribution in [3.63, 3.8) is 0 Å². The van der Waals surface area contributed by atoms with Crippen molar-refractivity contribution in [2.24, 2.45) is 0 Å². The van der Waals surface area contributed by atoms with Gasteiger partial charge in [-0.2, -0.15) is 0 Å². The third-order valence-corrected chi connectivity index (χ3v) is 3.18. The van der Waals surface area contributed by atoms with Gasteiger partial charge in [-0.1, -0.05) is 25.1 Å². The number of anilines is 1. The fraction of sp³-hybridized carbons (Fsp3) is 0.316. The minimum atomic E-state index is -0.194. The zero-order valence-electron chi connectivity index (χ0n) is 13.9. The van der Waals surface area contributed by atoms with E-state index in [1.165, 1.54) is 0 Å². The van der Waals surface area contributed by atoms with Crippen molar-refractivity contribution in [3.05, 3.63) is 53.6 Å². The lowest BCUT2D eigenvalue weighted by atomic mass is 10.1. The summed E-state index contributed by atoms with van der Waals surface area (Å²) >= 11 is 0. The van der Waals surface area contributed by atoms with Gasteiger partial charge in [-0.3, -0.25) is 4.79 Å². The van der Waals surface area contributed by atoms with Crippen molar-refractivity contribution in [2.75, 3.05) is 18.5 Å². The molecule has 0 atom stereocenters. The molecule has 1 amide bonds. The molecule has 4 nitrogen and oxygen atoms in total. The number of nitrogens with one attached hydrogen (secondary N) is 1. The first-order valence-corrected chi connectivity index (χ1v) is 7.81. The molecule has 0 saturated carbocycles. The van der Waals surface area contributed by atoms with E-state index in [1.807, 2.05) is 51.1 Å². The average molecular weight is 313 g/mol. The predicted molar refractivity (Wildman–Crippen MR) is 92.3 cm³/mol. The summed E-state index contributed by atoms with van der Waals surface area (Å²) < 4.78 is 11.2. The van der Waals surface area contributed by atoms with Crippen LogP contribution in [0.15, 0.2) is 42.5 Å². The highest BCUT2D eigenvalue weighted by Crippen LogP contribution is 2.26. The van der Waals surface area contributed by atoms with E-state index in [4.69, 9.17) is 9.47 Å². The molecule has 2 aromatic carbocycles. The molecule has 4 heteroatoms. The zero-order valence-corrected chi connectivity index (χ0v) is 13.9. The van der Waals surface area contributed by atoms with Crippen molar-refractivity contribution in [3.8, 4) is 11.5 Å². The summed E-state index contributed by atoms with van der Waals surface area (Å²) in [5.41, 5.74) is 3.01. The third-order valence-electron chi connectivity index (χ3n) is 3.18. The van der Waals surface area contributed by atoms with E-state index in [0.29, 0.717) is 18.1 Å². The normalized spacial score (nSPS) is 10.2. The Kier molecular flexibility index (Phi) is 6.03. The number of aryl methyl sites for hydroxylation is 2. The number of amides is 1. The molecule has 1 N–H and O–H groups in total. The van der Waals surface area contributed by atoms with Crippen LogP contribution in [-0.4, -0.2) is 19.1 Å². The summed E-state index contributed by atoms with van der Waals surface area (Å²) in [6, 6.07) is 13.3. The molecule has 0 aliphatic rings. The molecular formula is C19H23NO3. The van der Waals surface area contributed by atoms with Crippen LogP contribution in [0.3, 0.4) is 0 Å². The molecule has 2 rings (SSSR count). The first kappa shape index (κ1) is 16.9. The van der Waals surface area contributed by atoms with Gasteiger partial charge in [0.2, 0.25) is 0 Å². The van der Waals surface area contributed by atoms with Crippen molar-refractivity contribution in [1.29, 1.82) is 0 Å². The number of carbonyl (C=O) groups is 1. The minimum Gasteiger partial charge on any atom is -0.490 e. The number of benzene rings is 2. The highest BCUT2D eigenvalue weighted by atomic mass is 16.5. The largest absolute Gasteiger partial charge is 0.490 e. The molecule has 0 radical (unpaired) electrons. The van der Waals surface area contributed by atoms with Gasteiger partial charge >= 0.3 is 0 Å². The second kappa shape index (κ2) is 8.22. The number of hydrogen-bond acceptors (Lipinski definition) is 3. The molecule has 0 aliphatic carbocycles. The number of ether oxygens (including phenoxy) is 2. The van der Waals surface area contributed by atoms with Crippen molar-refractivity contribution in [2.45, 2.75) is 27.2 Å². The smallest absolute Gasteiger partial charge is 0.262 e. The topological polar surface area (TPSA) is 47.6 Å². The average Bonchev–Trinajstić information content (AvgIpc) is 2.50. The number of para-hydroxylation sites is 2. The Bertz CT molecular complexity index is 647. The maximum atomic E-state index is 12.1. The molecule has 0 bridgehead atoms. The van der Waals surface area contributed by atoms with Crippen molar-refractivity contribution in [1.82, 2.24) is 0 Å². The molecular weight excluding hydrogens is 290 g/mol. The Morgan fingerprint density at radius 2 is 1.61 bits per heavy atom. The second-order valence-electron chi connectivity index (χ2n) is 5.51. The van der Waals surface area contributed by atoms with Crippen LogP contribution >= 0.6 is 0 Å². The maximum absolute atomic E-state index is 12.1. The molecule has 0 spiro atoms. The van der Waals surface area contributed by atoms with Gasteiger partial charge < -0.3 is 14.8 Å². The van der Waals surface area contributed by atoms with E-state index in [2.05, 4.69) is 11.4 Å². The Morgan fingerprint density at radius 3 is 2.22 bits per heavy atom. The Hall–Kier alpha value is -2.49. The SMILES string of the molecule is CCCOc1ccccc1OCC(=O)Nc1cc(C)cc(C)c1. The summed E-state index contributed by atoms with van der Waals surface area (Å²) in [5, 5.41) is 2.85. The van der Waals surface area contributed by atoms with Crippen LogP contribution in [0, 0.1) is 13.8 Å². The fourth-order valence-corrected chi connectivity index (χ4v) is 2.29. The lowest BCUT2D eigenvalue weighted by Gasteiger charge is -2.12. The first-order valence-electron chi connectivity index (χ1n) is 7.81. The lowest BCUT2D eigenvalue weighted by Crippen LogP contribution is -2.20. The molecule has 0 fully saturated rings. The van der Waals surface area contributed by atoms with E-state index < -0.39 is 0 Å². The molecule has 0 aromatic heterocycles. The van der Waals surface area contributed by atoms with Gasteiger partial charge in [0.05, 0.1) is 6.61 Å². The van der Waals surface area contributed by atoms with Gasteiger partial charge in [-0.05, 0) is 55.7 Å². The van der Waals surface area contributed by atoms with E-state index >= 15 is 0 Å². The van der Waals surface area contributed by atoms with Crippen LogP contribution in [-0.2, 0) is 4.79 Å².